The van der Waals surface area contributed by atoms with Gasteiger partial charge in [-0.15, -0.1) is 0 Å². The van der Waals surface area contributed by atoms with Gasteiger partial charge in [-0.25, -0.2) is 0 Å². The van der Waals surface area contributed by atoms with Crippen molar-refractivity contribution in [1.82, 2.24) is 0 Å². The number of hydrogen-bond acceptors (Lipinski definition) is 1. The van der Waals surface area contributed by atoms with Crippen molar-refractivity contribution in [2.24, 2.45) is 0 Å². The molecule has 0 saturated heterocycles. The molecule has 0 unspecified atom stereocenters. The van der Waals surface area contributed by atoms with Crippen molar-refractivity contribution >= 4 is 0 Å². The van der Waals surface area contributed by atoms with Gasteiger partial charge in [0.25, 0.3) is 0 Å². The molecule has 0 bridgehead atoms. The molecule has 0 saturated carbocycles. The molecule has 0 aromatic heterocycles. The lowest BCUT2D eigenvalue weighted by Crippen LogP contribution is -2.03. The maximum absolute atomic E-state index is 5.46. The van der Waals surface area contributed by atoms with Crippen molar-refractivity contribution in [2.75, 3.05) is 13.2 Å². The largest absolute Gasteiger partial charge is 0.381 e. The summed E-state index contributed by atoms with van der Waals surface area (Å²) in [5.74, 6) is 1.33. The van der Waals surface area contributed by atoms with Gasteiger partial charge in [0.2, 0.25) is 0 Å². The van der Waals surface area contributed by atoms with E-state index in [0.717, 1.165) is 19.6 Å². The van der Waals surface area contributed by atoms with Crippen molar-refractivity contribution in [3.63, 3.8) is 0 Å². The van der Waals surface area contributed by atoms with Crippen LogP contribution in [0.3, 0.4) is 0 Å². The summed E-state index contributed by atoms with van der Waals surface area (Å²) >= 11 is 0. The Hall–Kier alpha value is -0.820. The van der Waals surface area contributed by atoms with Crippen molar-refractivity contribution < 1.29 is 4.74 Å². The maximum Gasteiger partial charge on any atom is 0.0523 e. The monoisotopic (exact) mass is 177 g/mol. The second-order valence-electron chi connectivity index (χ2n) is 3.50. The molecule has 0 atom stereocenters. The van der Waals surface area contributed by atoms with Crippen LogP contribution >= 0.6 is 0 Å². The smallest absolute Gasteiger partial charge is 0.0523 e. The first-order valence-corrected chi connectivity index (χ1v) is 4.70. The first kappa shape index (κ1) is 10.3. The molecular formula is C12H17O. The predicted molar refractivity (Wildman–Crippen MR) is 55.6 cm³/mol. The van der Waals surface area contributed by atoms with Gasteiger partial charge in [-0.2, -0.15) is 0 Å². The number of benzene rings is 1. The molecule has 1 heteroatoms. The van der Waals surface area contributed by atoms with Crippen LogP contribution in [0.4, 0.5) is 0 Å². The van der Waals surface area contributed by atoms with Gasteiger partial charge < -0.3 is 4.74 Å². The average Bonchev–Trinajstić information content (AvgIpc) is 2.14. The lowest BCUT2D eigenvalue weighted by molar-refractivity contribution is 0.148. The molecule has 0 amide bonds. The standard InChI is InChI=1S/C12H17O/c1-11(2)10-13-9-8-12-6-4-3-5-7-12/h3-7H,8-10H2,1-2H3. The Balaban J connectivity index is 2.13. The van der Waals surface area contributed by atoms with Crippen molar-refractivity contribution in [2.45, 2.75) is 20.3 Å². The molecule has 0 fully saturated rings. The molecule has 1 rings (SSSR count). The minimum absolute atomic E-state index is 0.785. The zero-order valence-electron chi connectivity index (χ0n) is 8.42. The first-order valence-electron chi connectivity index (χ1n) is 4.70. The molecule has 0 heterocycles. The van der Waals surface area contributed by atoms with Gasteiger partial charge in [0.1, 0.15) is 0 Å². The van der Waals surface area contributed by atoms with E-state index in [0.29, 0.717) is 0 Å². The molecule has 71 valence electrons. The van der Waals surface area contributed by atoms with Crippen LogP contribution in [0.2, 0.25) is 0 Å². The molecule has 1 nitrogen and oxygen atoms in total. The highest BCUT2D eigenvalue weighted by atomic mass is 16.5. The van der Waals surface area contributed by atoms with Crippen LogP contribution < -0.4 is 0 Å². The lowest BCUT2D eigenvalue weighted by Gasteiger charge is -2.05. The summed E-state index contributed by atoms with van der Waals surface area (Å²) in [7, 11) is 0. The summed E-state index contributed by atoms with van der Waals surface area (Å²) < 4.78 is 5.46. The third-order valence-corrected chi connectivity index (χ3v) is 1.77. The van der Waals surface area contributed by atoms with E-state index in [1.165, 1.54) is 11.5 Å². The van der Waals surface area contributed by atoms with E-state index in [9.17, 15) is 0 Å². The Labute approximate surface area is 80.7 Å². The van der Waals surface area contributed by atoms with Gasteiger partial charge in [0.05, 0.1) is 13.2 Å². The van der Waals surface area contributed by atoms with Crippen molar-refractivity contribution in [3.8, 4) is 0 Å². The van der Waals surface area contributed by atoms with Gasteiger partial charge in [-0.3, -0.25) is 0 Å². The summed E-state index contributed by atoms with van der Waals surface area (Å²) in [5.41, 5.74) is 1.34. The zero-order chi connectivity index (χ0) is 9.52. The van der Waals surface area contributed by atoms with Crippen LogP contribution in [0.15, 0.2) is 30.3 Å². The minimum atomic E-state index is 0.785. The summed E-state index contributed by atoms with van der Waals surface area (Å²) in [6, 6.07) is 10.4. The third-order valence-electron chi connectivity index (χ3n) is 1.77. The van der Waals surface area contributed by atoms with Crippen molar-refractivity contribution in [1.29, 1.82) is 0 Å². The van der Waals surface area contributed by atoms with Gasteiger partial charge in [0, 0.05) is 0 Å². The Morgan fingerprint density at radius 1 is 1.15 bits per heavy atom. The molecule has 0 aliphatic rings. The van der Waals surface area contributed by atoms with E-state index in [2.05, 4.69) is 38.1 Å². The minimum Gasteiger partial charge on any atom is -0.381 e. The zero-order valence-corrected chi connectivity index (χ0v) is 8.42. The van der Waals surface area contributed by atoms with Crippen LogP contribution in [0.1, 0.15) is 19.4 Å². The molecular weight excluding hydrogens is 160 g/mol. The normalized spacial score (nSPS) is 10.7. The summed E-state index contributed by atoms with van der Waals surface area (Å²) in [4.78, 5) is 0. The third kappa shape index (κ3) is 4.69. The van der Waals surface area contributed by atoms with Gasteiger partial charge in [-0.1, -0.05) is 44.2 Å². The predicted octanol–water partition coefficient (Wildman–Crippen LogP) is 2.86. The van der Waals surface area contributed by atoms with Crippen LogP contribution in [0, 0.1) is 5.92 Å². The Bertz CT molecular complexity index is 216. The molecule has 1 radical (unpaired) electrons. The second kappa shape index (κ2) is 5.76. The van der Waals surface area contributed by atoms with E-state index in [1.54, 1.807) is 0 Å². The number of hydrogen-bond donors (Lipinski definition) is 0. The van der Waals surface area contributed by atoms with Gasteiger partial charge >= 0.3 is 0 Å². The average molecular weight is 177 g/mol. The molecule has 1 aromatic carbocycles. The maximum atomic E-state index is 5.46. The lowest BCUT2D eigenvalue weighted by atomic mass is 10.2. The topological polar surface area (TPSA) is 9.23 Å². The summed E-state index contributed by atoms with van der Waals surface area (Å²) in [6.45, 7) is 5.77. The highest BCUT2D eigenvalue weighted by Gasteiger charge is 1.94. The first-order chi connectivity index (χ1) is 6.29. The SMILES string of the molecule is C[C](C)COCCc1ccccc1. The fraction of sp³-hybridized carbons (Fsp3) is 0.417. The molecule has 0 spiro atoms. The Morgan fingerprint density at radius 2 is 1.85 bits per heavy atom. The van der Waals surface area contributed by atoms with Gasteiger partial charge in [-0.05, 0) is 17.9 Å². The Kier molecular flexibility index (Phi) is 4.55. The molecule has 0 N–H and O–H groups in total. The Morgan fingerprint density at radius 3 is 2.46 bits per heavy atom. The summed E-state index contributed by atoms with van der Waals surface area (Å²) in [5, 5.41) is 0. The van der Waals surface area contributed by atoms with Crippen LogP contribution in [0.25, 0.3) is 0 Å². The van der Waals surface area contributed by atoms with Crippen LogP contribution in [-0.2, 0) is 11.2 Å². The quantitative estimate of drug-likeness (QED) is 0.628. The second-order valence-corrected chi connectivity index (χ2v) is 3.50. The fourth-order valence-corrected chi connectivity index (χ4v) is 1.11. The highest BCUT2D eigenvalue weighted by molar-refractivity contribution is 5.14. The highest BCUT2D eigenvalue weighted by Crippen LogP contribution is 2.01. The van der Waals surface area contributed by atoms with E-state index in [4.69, 9.17) is 4.74 Å². The van der Waals surface area contributed by atoms with Gasteiger partial charge in [0.15, 0.2) is 0 Å². The summed E-state index contributed by atoms with van der Waals surface area (Å²) in [6.07, 6.45) is 1.01. The number of ether oxygens (including phenoxy) is 1. The van der Waals surface area contributed by atoms with Crippen molar-refractivity contribution in [3.05, 3.63) is 41.8 Å². The van der Waals surface area contributed by atoms with E-state index in [1.807, 2.05) is 6.07 Å². The number of rotatable bonds is 5. The molecule has 1 aromatic rings. The van der Waals surface area contributed by atoms with E-state index < -0.39 is 0 Å². The fourth-order valence-electron chi connectivity index (χ4n) is 1.11. The van der Waals surface area contributed by atoms with Crippen LogP contribution in [0.5, 0.6) is 0 Å². The van der Waals surface area contributed by atoms with E-state index in [-0.39, 0.29) is 0 Å². The van der Waals surface area contributed by atoms with E-state index >= 15 is 0 Å². The molecule has 13 heavy (non-hydrogen) atoms. The molecule has 0 aliphatic heterocycles. The van der Waals surface area contributed by atoms with Crippen LogP contribution in [-0.4, -0.2) is 13.2 Å². The molecule has 0 aliphatic carbocycles.